The minimum absolute atomic E-state index is 0.0227. The van der Waals surface area contributed by atoms with Crippen molar-refractivity contribution in [1.29, 1.82) is 0 Å². The molecule has 2 nitrogen and oxygen atoms in total. The van der Waals surface area contributed by atoms with Crippen LogP contribution in [0.15, 0.2) is 24.3 Å². The molecule has 1 unspecified atom stereocenters. The van der Waals surface area contributed by atoms with Gasteiger partial charge in [-0.2, -0.15) is 11.8 Å². The summed E-state index contributed by atoms with van der Waals surface area (Å²) in [6, 6.07) is 6.43. The molecule has 0 radical (unpaired) electrons. The second-order valence-electron chi connectivity index (χ2n) is 3.29. The van der Waals surface area contributed by atoms with Crippen molar-refractivity contribution in [2.24, 2.45) is 0 Å². The lowest BCUT2D eigenvalue weighted by Gasteiger charge is -2.17. The summed E-state index contributed by atoms with van der Waals surface area (Å²) < 4.78 is 13.3. The molecule has 0 aliphatic rings. The molecule has 2 N–H and O–H groups in total. The number of rotatable bonds is 6. The van der Waals surface area contributed by atoms with Crippen molar-refractivity contribution < 1.29 is 9.50 Å². The van der Waals surface area contributed by atoms with Gasteiger partial charge in [-0.25, -0.2) is 4.39 Å². The Hall–Kier alpha value is -0.740. The Morgan fingerprint density at radius 1 is 1.47 bits per heavy atom. The average molecular weight is 229 g/mol. The Morgan fingerprint density at radius 3 is 2.80 bits per heavy atom. The Kier molecular flexibility index (Phi) is 5.50. The van der Waals surface area contributed by atoms with Crippen LogP contribution in [0.4, 0.5) is 10.1 Å². The van der Waals surface area contributed by atoms with Crippen molar-refractivity contribution in [3.63, 3.8) is 0 Å². The lowest BCUT2D eigenvalue weighted by atomic mass is 10.2. The van der Waals surface area contributed by atoms with Crippen molar-refractivity contribution in [2.75, 3.05) is 23.9 Å². The standard InChI is InChI=1S/C11H16FNOS/c1-15-7-6-9(8-14)13-11-5-3-2-4-10(11)12/h2-5,9,13-14H,6-8H2,1H3. The van der Waals surface area contributed by atoms with Crippen LogP contribution in [0.3, 0.4) is 0 Å². The third-order valence-electron chi connectivity index (χ3n) is 2.12. The van der Waals surface area contributed by atoms with Gasteiger partial charge < -0.3 is 10.4 Å². The number of nitrogens with one attached hydrogen (secondary N) is 1. The molecule has 1 rings (SSSR count). The summed E-state index contributed by atoms with van der Waals surface area (Å²) >= 11 is 1.72. The van der Waals surface area contributed by atoms with Crippen LogP contribution in [-0.2, 0) is 0 Å². The van der Waals surface area contributed by atoms with Crippen molar-refractivity contribution in [3.8, 4) is 0 Å². The Bertz CT molecular complexity index is 296. The first-order valence-electron chi connectivity index (χ1n) is 4.88. The van der Waals surface area contributed by atoms with E-state index in [0.717, 1.165) is 12.2 Å². The van der Waals surface area contributed by atoms with E-state index in [2.05, 4.69) is 5.32 Å². The third kappa shape index (κ3) is 4.10. The van der Waals surface area contributed by atoms with Gasteiger partial charge in [0.05, 0.1) is 18.3 Å². The normalized spacial score (nSPS) is 12.5. The Labute approximate surface area is 93.9 Å². The molecule has 1 aromatic carbocycles. The zero-order chi connectivity index (χ0) is 11.1. The molecule has 0 bridgehead atoms. The van der Waals surface area contributed by atoms with E-state index in [0.29, 0.717) is 5.69 Å². The van der Waals surface area contributed by atoms with E-state index >= 15 is 0 Å². The number of hydrogen-bond acceptors (Lipinski definition) is 3. The quantitative estimate of drug-likeness (QED) is 0.785. The van der Waals surface area contributed by atoms with Gasteiger partial charge in [-0.1, -0.05) is 12.1 Å². The van der Waals surface area contributed by atoms with Gasteiger partial charge in [0.15, 0.2) is 0 Å². The van der Waals surface area contributed by atoms with E-state index in [1.54, 1.807) is 30.0 Å². The molecule has 0 spiro atoms. The predicted molar refractivity (Wildman–Crippen MR) is 63.9 cm³/mol. The minimum Gasteiger partial charge on any atom is -0.394 e. The number of para-hydroxylation sites is 1. The maximum Gasteiger partial charge on any atom is 0.146 e. The van der Waals surface area contributed by atoms with Crippen LogP contribution in [-0.4, -0.2) is 29.8 Å². The van der Waals surface area contributed by atoms with Crippen LogP contribution in [0.25, 0.3) is 0 Å². The summed E-state index contributed by atoms with van der Waals surface area (Å²) in [6.45, 7) is 0.0227. The molecular formula is C11H16FNOS. The van der Waals surface area contributed by atoms with Gasteiger partial charge in [0.2, 0.25) is 0 Å². The first kappa shape index (κ1) is 12.3. The summed E-state index contributed by atoms with van der Waals surface area (Å²) in [5.41, 5.74) is 0.456. The fourth-order valence-electron chi connectivity index (χ4n) is 1.27. The van der Waals surface area contributed by atoms with E-state index in [1.165, 1.54) is 6.07 Å². The summed E-state index contributed by atoms with van der Waals surface area (Å²) in [5.74, 6) is 0.673. The first-order valence-corrected chi connectivity index (χ1v) is 6.28. The van der Waals surface area contributed by atoms with E-state index in [4.69, 9.17) is 5.11 Å². The number of benzene rings is 1. The number of anilines is 1. The zero-order valence-corrected chi connectivity index (χ0v) is 9.56. The molecule has 0 heterocycles. The molecule has 0 amide bonds. The highest BCUT2D eigenvalue weighted by molar-refractivity contribution is 7.98. The van der Waals surface area contributed by atoms with Crippen LogP contribution in [0.2, 0.25) is 0 Å². The Morgan fingerprint density at radius 2 is 2.20 bits per heavy atom. The fraction of sp³-hybridized carbons (Fsp3) is 0.455. The topological polar surface area (TPSA) is 32.3 Å². The minimum atomic E-state index is -0.278. The molecular weight excluding hydrogens is 213 g/mol. The molecule has 0 saturated carbocycles. The van der Waals surface area contributed by atoms with E-state index in [9.17, 15) is 4.39 Å². The number of halogens is 1. The molecule has 15 heavy (non-hydrogen) atoms. The smallest absolute Gasteiger partial charge is 0.146 e. The SMILES string of the molecule is CSCCC(CO)Nc1ccccc1F. The lowest BCUT2D eigenvalue weighted by molar-refractivity contribution is 0.272. The van der Waals surface area contributed by atoms with Crippen LogP contribution in [0.1, 0.15) is 6.42 Å². The lowest BCUT2D eigenvalue weighted by Crippen LogP contribution is -2.25. The molecule has 84 valence electrons. The third-order valence-corrected chi connectivity index (χ3v) is 2.77. The summed E-state index contributed by atoms with van der Waals surface area (Å²) in [7, 11) is 0. The monoisotopic (exact) mass is 229 g/mol. The van der Waals surface area contributed by atoms with Gasteiger partial charge in [0.1, 0.15) is 5.82 Å². The predicted octanol–water partition coefficient (Wildman–Crippen LogP) is 2.35. The van der Waals surface area contributed by atoms with Crippen molar-refractivity contribution >= 4 is 17.4 Å². The van der Waals surface area contributed by atoms with Gasteiger partial charge in [0, 0.05) is 0 Å². The number of aliphatic hydroxyl groups is 1. The maximum atomic E-state index is 13.3. The average Bonchev–Trinajstić information content (AvgIpc) is 2.26. The molecule has 0 saturated heterocycles. The van der Waals surface area contributed by atoms with Gasteiger partial charge >= 0.3 is 0 Å². The first-order chi connectivity index (χ1) is 7.27. The molecule has 1 atom stereocenters. The molecule has 4 heteroatoms. The second kappa shape index (κ2) is 6.69. The highest BCUT2D eigenvalue weighted by atomic mass is 32.2. The number of hydrogen-bond donors (Lipinski definition) is 2. The van der Waals surface area contributed by atoms with Gasteiger partial charge in [0.25, 0.3) is 0 Å². The molecule has 0 aliphatic carbocycles. The largest absolute Gasteiger partial charge is 0.394 e. The highest BCUT2D eigenvalue weighted by Crippen LogP contribution is 2.15. The van der Waals surface area contributed by atoms with Crippen molar-refractivity contribution in [1.82, 2.24) is 0 Å². The van der Waals surface area contributed by atoms with Gasteiger partial charge in [-0.15, -0.1) is 0 Å². The summed E-state index contributed by atoms with van der Waals surface area (Å²) in [5, 5.41) is 12.1. The molecule has 1 aromatic rings. The van der Waals surface area contributed by atoms with Crippen LogP contribution in [0, 0.1) is 5.82 Å². The zero-order valence-electron chi connectivity index (χ0n) is 8.74. The molecule has 0 aliphatic heterocycles. The van der Waals surface area contributed by atoms with E-state index in [-0.39, 0.29) is 18.5 Å². The van der Waals surface area contributed by atoms with Crippen molar-refractivity contribution in [3.05, 3.63) is 30.1 Å². The molecule has 0 aromatic heterocycles. The summed E-state index contributed by atoms with van der Waals surface area (Å²) in [6.07, 6.45) is 2.84. The van der Waals surface area contributed by atoms with Gasteiger partial charge in [-0.3, -0.25) is 0 Å². The fourth-order valence-corrected chi connectivity index (χ4v) is 1.79. The molecule has 0 fully saturated rings. The Balaban J connectivity index is 2.54. The van der Waals surface area contributed by atoms with E-state index < -0.39 is 0 Å². The van der Waals surface area contributed by atoms with Gasteiger partial charge in [-0.05, 0) is 30.6 Å². The maximum absolute atomic E-state index is 13.3. The number of aliphatic hydroxyl groups excluding tert-OH is 1. The van der Waals surface area contributed by atoms with Crippen molar-refractivity contribution in [2.45, 2.75) is 12.5 Å². The van der Waals surface area contributed by atoms with Crippen LogP contribution in [0.5, 0.6) is 0 Å². The summed E-state index contributed by atoms with van der Waals surface area (Å²) in [4.78, 5) is 0. The van der Waals surface area contributed by atoms with E-state index in [1.807, 2.05) is 6.26 Å². The number of thioether (sulfide) groups is 1. The highest BCUT2D eigenvalue weighted by Gasteiger charge is 2.08. The van der Waals surface area contributed by atoms with Crippen LogP contribution < -0.4 is 5.32 Å². The second-order valence-corrected chi connectivity index (χ2v) is 4.27. The van der Waals surface area contributed by atoms with Crippen LogP contribution >= 0.6 is 11.8 Å².